The molecule has 1 aromatic rings. The molecule has 2 atom stereocenters. The third-order valence-corrected chi connectivity index (χ3v) is 2.90. The zero-order chi connectivity index (χ0) is 12.3. The summed E-state index contributed by atoms with van der Waals surface area (Å²) in [5.74, 6) is 0. The lowest BCUT2D eigenvalue weighted by atomic mass is 9.91. The summed E-state index contributed by atoms with van der Waals surface area (Å²) in [5.41, 5.74) is 10.0. The summed E-state index contributed by atoms with van der Waals surface area (Å²) >= 11 is 0. The number of nitrogens with two attached hydrogens (primary N) is 1. The van der Waals surface area contributed by atoms with Gasteiger partial charge in [-0.2, -0.15) is 0 Å². The molecule has 1 rings (SSSR count). The van der Waals surface area contributed by atoms with Gasteiger partial charge in [0.05, 0.1) is 6.10 Å². The summed E-state index contributed by atoms with van der Waals surface area (Å²) in [7, 11) is 0. The van der Waals surface area contributed by atoms with E-state index in [1.807, 2.05) is 32.9 Å². The predicted molar refractivity (Wildman–Crippen MR) is 65.3 cm³/mol. The lowest BCUT2D eigenvalue weighted by Gasteiger charge is -2.22. The second-order valence-electron chi connectivity index (χ2n) is 4.43. The number of hydrogen-bond donors (Lipinski definition) is 3. The number of aliphatic hydroxyl groups excluding tert-OH is 2. The van der Waals surface area contributed by atoms with E-state index < -0.39 is 12.1 Å². The van der Waals surface area contributed by atoms with E-state index in [9.17, 15) is 5.11 Å². The molecule has 0 fully saturated rings. The summed E-state index contributed by atoms with van der Waals surface area (Å²) in [6.07, 6.45) is -0.291. The smallest absolute Gasteiger partial charge is 0.0946 e. The van der Waals surface area contributed by atoms with E-state index in [-0.39, 0.29) is 6.61 Å². The van der Waals surface area contributed by atoms with Crippen molar-refractivity contribution in [3.8, 4) is 0 Å². The number of hydrogen-bond acceptors (Lipinski definition) is 3. The monoisotopic (exact) mass is 223 g/mol. The van der Waals surface area contributed by atoms with Crippen LogP contribution in [0.3, 0.4) is 0 Å². The van der Waals surface area contributed by atoms with E-state index in [0.29, 0.717) is 6.42 Å². The largest absolute Gasteiger partial charge is 0.396 e. The molecular weight excluding hydrogens is 202 g/mol. The fourth-order valence-electron chi connectivity index (χ4n) is 2.18. The van der Waals surface area contributed by atoms with Crippen molar-refractivity contribution in [3.05, 3.63) is 34.4 Å². The quantitative estimate of drug-likeness (QED) is 0.722. The van der Waals surface area contributed by atoms with Gasteiger partial charge in [-0.15, -0.1) is 0 Å². The van der Waals surface area contributed by atoms with Gasteiger partial charge in [-0.1, -0.05) is 17.7 Å². The molecular formula is C13H21NO2. The fraction of sp³-hybridized carbons (Fsp3) is 0.538. The first-order valence-corrected chi connectivity index (χ1v) is 5.59. The van der Waals surface area contributed by atoms with Crippen LogP contribution in [0.25, 0.3) is 0 Å². The summed E-state index contributed by atoms with van der Waals surface area (Å²) in [6.45, 7) is 5.99. The summed E-state index contributed by atoms with van der Waals surface area (Å²) < 4.78 is 0. The highest BCUT2D eigenvalue weighted by atomic mass is 16.3. The molecule has 3 nitrogen and oxygen atoms in total. The minimum Gasteiger partial charge on any atom is -0.396 e. The van der Waals surface area contributed by atoms with Gasteiger partial charge < -0.3 is 15.9 Å². The van der Waals surface area contributed by atoms with E-state index in [0.717, 1.165) is 16.7 Å². The molecule has 0 saturated heterocycles. The molecule has 0 amide bonds. The van der Waals surface area contributed by atoms with E-state index in [4.69, 9.17) is 10.8 Å². The minimum absolute atomic E-state index is 0.00217. The molecule has 16 heavy (non-hydrogen) atoms. The van der Waals surface area contributed by atoms with Gasteiger partial charge in [-0.25, -0.2) is 0 Å². The van der Waals surface area contributed by atoms with Crippen molar-refractivity contribution in [2.45, 2.75) is 39.3 Å². The second-order valence-corrected chi connectivity index (χ2v) is 4.43. The van der Waals surface area contributed by atoms with E-state index in [1.165, 1.54) is 5.56 Å². The van der Waals surface area contributed by atoms with Crippen LogP contribution < -0.4 is 5.73 Å². The Labute approximate surface area is 96.9 Å². The number of benzene rings is 1. The molecule has 0 aliphatic heterocycles. The molecule has 0 heterocycles. The Bertz CT molecular complexity index is 340. The molecule has 0 aliphatic carbocycles. The zero-order valence-electron chi connectivity index (χ0n) is 10.2. The molecule has 4 N–H and O–H groups in total. The van der Waals surface area contributed by atoms with E-state index in [2.05, 4.69) is 0 Å². The van der Waals surface area contributed by atoms with Gasteiger partial charge in [0.15, 0.2) is 0 Å². The van der Waals surface area contributed by atoms with Crippen LogP contribution in [0.1, 0.15) is 34.8 Å². The lowest BCUT2D eigenvalue weighted by molar-refractivity contribution is 0.128. The van der Waals surface area contributed by atoms with E-state index in [1.54, 1.807) is 0 Å². The highest BCUT2D eigenvalue weighted by Gasteiger charge is 2.20. The van der Waals surface area contributed by atoms with Crippen LogP contribution >= 0.6 is 0 Å². The van der Waals surface area contributed by atoms with Gasteiger partial charge in [0.25, 0.3) is 0 Å². The van der Waals surface area contributed by atoms with Crippen LogP contribution in [-0.2, 0) is 0 Å². The van der Waals surface area contributed by atoms with Gasteiger partial charge in [-0.05, 0) is 43.9 Å². The van der Waals surface area contributed by atoms with Gasteiger partial charge in [0.2, 0.25) is 0 Å². The maximum Gasteiger partial charge on any atom is 0.0946 e. The molecule has 90 valence electrons. The van der Waals surface area contributed by atoms with Crippen molar-refractivity contribution in [1.82, 2.24) is 0 Å². The second kappa shape index (κ2) is 5.43. The maximum absolute atomic E-state index is 10.1. The van der Waals surface area contributed by atoms with Gasteiger partial charge >= 0.3 is 0 Å². The average molecular weight is 223 g/mol. The predicted octanol–water partition coefficient (Wildman–Crippen LogP) is 1.35. The molecule has 2 unspecified atom stereocenters. The standard InChI is InChI=1S/C13H21NO2/c1-8-6-9(2)12(10(3)7-8)13(16)11(14)4-5-15/h6-7,11,13,15-16H,4-5,14H2,1-3H3. The normalized spacial score (nSPS) is 14.9. The van der Waals surface area contributed by atoms with Crippen LogP contribution in [0.4, 0.5) is 0 Å². The summed E-state index contributed by atoms with van der Waals surface area (Å²) in [6, 6.07) is 3.67. The lowest BCUT2D eigenvalue weighted by Crippen LogP contribution is -2.30. The third kappa shape index (κ3) is 2.82. The first-order chi connectivity index (χ1) is 7.47. The van der Waals surface area contributed by atoms with Crippen molar-refractivity contribution < 1.29 is 10.2 Å². The molecule has 0 spiro atoms. The number of aryl methyl sites for hydroxylation is 3. The topological polar surface area (TPSA) is 66.5 Å². The van der Waals surface area contributed by atoms with E-state index >= 15 is 0 Å². The molecule has 0 bridgehead atoms. The van der Waals surface area contributed by atoms with Crippen molar-refractivity contribution in [2.75, 3.05) is 6.61 Å². The van der Waals surface area contributed by atoms with Crippen molar-refractivity contribution in [3.63, 3.8) is 0 Å². The van der Waals surface area contributed by atoms with Crippen molar-refractivity contribution in [2.24, 2.45) is 5.73 Å². The van der Waals surface area contributed by atoms with Crippen LogP contribution in [0.2, 0.25) is 0 Å². The average Bonchev–Trinajstić information content (AvgIpc) is 2.16. The Kier molecular flexibility index (Phi) is 4.47. The van der Waals surface area contributed by atoms with Gasteiger partial charge in [0, 0.05) is 12.6 Å². The van der Waals surface area contributed by atoms with Gasteiger partial charge in [-0.3, -0.25) is 0 Å². The Balaban J connectivity index is 3.03. The number of aliphatic hydroxyl groups is 2. The SMILES string of the molecule is Cc1cc(C)c(C(O)C(N)CCO)c(C)c1. The highest BCUT2D eigenvalue weighted by molar-refractivity contribution is 5.39. The van der Waals surface area contributed by atoms with Crippen LogP contribution in [0.15, 0.2) is 12.1 Å². The minimum atomic E-state index is -0.701. The molecule has 0 aromatic heterocycles. The molecule has 3 heteroatoms. The molecule has 0 saturated carbocycles. The third-order valence-electron chi connectivity index (χ3n) is 2.90. The van der Waals surface area contributed by atoms with Crippen molar-refractivity contribution in [1.29, 1.82) is 0 Å². The Morgan fingerprint density at radius 3 is 2.12 bits per heavy atom. The summed E-state index contributed by atoms with van der Waals surface area (Å²) in [5, 5.41) is 19.0. The Hall–Kier alpha value is -0.900. The van der Waals surface area contributed by atoms with Crippen LogP contribution in [-0.4, -0.2) is 22.9 Å². The Morgan fingerprint density at radius 2 is 1.69 bits per heavy atom. The molecule has 0 aliphatic rings. The molecule has 0 radical (unpaired) electrons. The first-order valence-electron chi connectivity index (χ1n) is 5.59. The fourth-order valence-corrected chi connectivity index (χ4v) is 2.18. The van der Waals surface area contributed by atoms with Crippen molar-refractivity contribution >= 4 is 0 Å². The number of rotatable bonds is 4. The van der Waals surface area contributed by atoms with Crippen LogP contribution in [0.5, 0.6) is 0 Å². The first kappa shape index (κ1) is 13.2. The highest BCUT2D eigenvalue weighted by Crippen LogP contribution is 2.26. The summed E-state index contributed by atoms with van der Waals surface area (Å²) in [4.78, 5) is 0. The van der Waals surface area contributed by atoms with Crippen LogP contribution in [0, 0.1) is 20.8 Å². The molecule has 1 aromatic carbocycles. The Morgan fingerprint density at radius 1 is 1.19 bits per heavy atom. The van der Waals surface area contributed by atoms with Gasteiger partial charge in [0.1, 0.15) is 0 Å². The maximum atomic E-state index is 10.1. The zero-order valence-corrected chi connectivity index (χ0v) is 10.2.